The molecule has 0 aliphatic carbocycles. The molecule has 1 heterocycles. The molecule has 0 spiro atoms. The highest BCUT2D eigenvalue weighted by Gasteiger charge is 2.10. The molecule has 1 aromatic heterocycles. The van der Waals surface area contributed by atoms with E-state index in [4.69, 9.17) is 0 Å². The van der Waals surface area contributed by atoms with E-state index in [1.807, 2.05) is 42.6 Å². The standard InChI is InChI=1S/C16H14N2O/c1-11(19)18-15-9-5-4-8-14(15)16-13-7-3-2-6-12(13)10-17-16/h2-10,17H,1H3,(H,18,19). The van der Waals surface area contributed by atoms with Crippen molar-refractivity contribution in [2.45, 2.75) is 6.92 Å². The predicted octanol–water partition coefficient (Wildman–Crippen LogP) is 3.79. The van der Waals surface area contributed by atoms with E-state index in [-0.39, 0.29) is 5.91 Å². The van der Waals surface area contributed by atoms with Crippen molar-refractivity contribution in [1.29, 1.82) is 0 Å². The highest BCUT2D eigenvalue weighted by Crippen LogP contribution is 2.32. The molecule has 0 aliphatic heterocycles. The van der Waals surface area contributed by atoms with Crippen LogP contribution in [-0.2, 0) is 4.79 Å². The van der Waals surface area contributed by atoms with Crippen molar-refractivity contribution in [3.8, 4) is 11.3 Å². The number of aromatic nitrogens is 1. The Kier molecular flexibility index (Phi) is 2.80. The zero-order valence-electron chi connectivity index (χ0n) is 10.6. The first kappa shape index (κ1) is 11.5. The van der Waals surface area contributed by atoms with Crippen LogP contribution in [-0.4, -0.2) is 10.9 Å². The fourth-order valence-corrected chi connectivity index (χ4v) is 2.30. The van der Waals surface area contributed by atoms with Crippen LogP contribution in [0.15, 0.2) is 54.7 Å². The van der Waals surface area contributed by atoms with Crippen LogP contribution in [0.4, 0.5) is 5.69 Å². The van der Waals surface area contributed by atoms with Gasteiger partial charge in [-0.2, -0.15) is 0 Å². The number of aromatic amines is 1. The zero-order valence-corrected chi connectivity index (χ0v) is 10.6. The lowest BCUT2D eigenvalue weighted by Crippen LogP contribution is -2.06. The largest absolute Gasteiger partial charge is 0.360 e. The molecule has 94 valence electrons. The van der Waals surface area contributed by atoms with E-state index in [0.717, 1.165) is 27.7 Å². The summed E-state index contributed by atoms with van der Waals surface area (Å²) in [6, 6.07) is 16.0. The van der Waals surface area contributed by atoms with Gasteiger partial charge in [-0.1, -0.05) is 42.5 Å². The molecule has 0 saturated carbocycles. The Labute approximate surface area is 111 Å². The van der Waals surface area contributed by atoms with Crippen molar-refractivity contribution in [2.24, 2.45) is 0 Å². The van der Waals surface area contributed by atoms with Gasteiger partial charge in [-0.3, -0.25) is 4.79 Å². The fraction of sp³-hybridized carbons (Fsp3) is 0.0625. The van der Waals surface area contributed by atoms with Crippen LogP contribution in [0.1, 0.15) is 6.92 Å². The lowest BCUT2D eigenvalue weighted by Gasteiger charge is -2.09. The summed E-state index contributed by atoms with van der Waals surface area (Å²) >= 11 is 0. The van der Waals surface area contributed by atoms with Gasteiger partial charge in [0, 0.05) is 24.1 Å². The van der Waals surface area contributed by atoms with Crippen LogP contribution in [0.3, 0.4) is 0 Å². The number of anilines is 1. The maximum atomic E-state index is 11.3. The van der Waals surface area contributed by atoms with Crippen molar-refractivity contribution >= 4 is 22.4 Å². The molecular formula is C16H14N2O. The Balaban J connectivity index is 2.19. The maximum Gasteiger partial charge on any atom is 0.221 e. The van der Waals surface area contributed by atoms with E-state index in [0.29, 0.717) is 0 Å². The second-order valence-corrected chi connectivity index (χ2v) is 4.48. The number of carbonyl (C=O) groups is 1. The number of carbonyl (C=O) groups excluding carboxylic acids is 1. The predicted molar refractivity (Wildman–Crippen MR) is 78.0 cm³/mol. The quantitative estimate of drug-likeness (QED) is 0.714. The van der Waals surface area contributed by atoms with Gasteiger partial charge in [-0.25, -0.2) is 0 Å². The molecule has 2 N–H and O–H groups in total. The highest BCUT2D eigenvalue weighted by atomic mass is 16.1. The first-order valence-electron chi connectivity index (χ1n) is 6.19. The molecule has 0 atom stereocenters. The molecule has 19 heavy (non-hydrogen) atoms. The minimum atomic E-state index is -0.0664. The van der Waals surface area contributed by atoms with E-state index < -0.39 is 0 Å². The number of amides is 1. The Bertz CT molecular complexity index is 743. The summed E-state index contributed by atoms with van der Waals surface area (Å²) < 4.78 is 0. The lowest BCUT2D eigenvalue weighted by atomic mass is 10.1. The summed E-state index contributed by atoms with van der Waals surface area (Å²) in [5, 5.41) is 5.18. The van der Waals surface area contributed by atoms with Gasteiger partial charge in [0.15, 0.2) is 0 Å². The third-order valence-electron chi connectivity index (χ3n) is 3.11. The summed E-state index contributed by atoms with van der Waals surface area (Å²) in [6.45, 7) is 1.52. The zero-order chi connectivity index (χ0) is 13.2. The summed E-state index contributed by atoms with van der Waals surface area (Å²) in [7, 11) is 0. The second kappa shape index (κ2) is 4.61. The van der Waals surface area contributed by atoms with E-state index in [1.54, 1.807) is 0 Å². The number of nitrogens with one attached hydrogen (secondary N) is 2. The normalized spacial score (nSPS) is 10.6. The number of H-pyrrole nitrogens is 1. The van der Waals surface area contributed by atoms with Crippen molar-refractivity contribution in [1.82, 2.24) is 4.98 Å². The smallest absolute Gasteiger partial charge is 0.221 e. The first-order chi connectivity index (χ1) is 9.25. The van der Waals surface area contributed by atoms with Crippen LogP contribution >= 0.6 is 0 Å². The van der Waals surface area contributed by atoms with E-state index >= 15 is 0 Å². The molecule has 3 heteroatoms. The molecule has 3 rings (SSSR count). The summed E-state index contributed by atoms with van der Waals surface area (Å²) in [4.78, 5) is 14.6. The molecule has 0 fully saturated rings. The number of rotatable bonds is 2. The number of hydrogen-bond acceptors (Lipinski definition) is 1. The monoisotopic (exact) mass is 250 g/mol. The SMILES string of the molecule is CC(=O)Nc1ccccc1-c1[nH]cc2ccccc12. The Morgan fingerprint density at radius 1 is 1.05 bits per heavy atom. The Morgan fingerprint density at radius 2 is 1.79 bits per heavy atom. The molecule has 0 radical (unpaired) electrons. The number of benzene rings is 2. The van der Waals surface area contributed by atoms with Crippen LogP contribution in [0, 0.1) is 0 Å². The van der Waals surface area contributed by atoms with E-state index in [2.05, 4.69) is 22.4 Å². The van der Waals surface area contributed by atoms with Gasteiger partial charge in [0.1, 0.15) is 0 Å². The van der Waals surface area contributed by atoms with Crippen LogP contribution in [0.5, 0.6) is 0 Å². The molecule has 0 bridgehead atoms. The average Bonchev–Trinajstić information content (AvgIpc) is 2.82. The Hall–Kier alpha value is -2.55. The van der Waals surface area contributed by atoms with E-state index in [9.17, 15) is 4.79 Å². The number of fused-ring (bicyclic) bond motifs is 1. The van der Waals surface area contributed by atoms with Gasteiger partial charge in [-0.05, 0) is 11.5 Å². The summed E-state index contributed by atoms with van der Waals surface area (Å²) in [5.41, 5.74) is 2.85. The molecular weight excluding hydrogens is 236 g/mol. The van der Waals surface area contributed by atoms with Crippen LogP contribution in [0.2, 0.25) is 0 Å². The van der Waals surface area contributed by atoms with Crippen LogP contribution < -0.4 is 5.32 Å². The average molecular weight is 250 g/mol. The van der Waals surface area contributed by atoms with Crippen molar-refractivity contribution < 1.29 is 4.79 Å². The molecule has 1 amide bonds. The van der Waals surface area contributed by atoms with Gasteiger partial charge < -0.3 is 10.3 Å². The molecule has 0 aliphatic rings. The van der Waals surface area contributed by atoms with Gasteiger partial charge in [-0.15, -0.1) is 0 Å². The topological polar surface area (TPSA) is 44.9 Å². The third-order valence-corrected chi connectivity index (χ3v) is 3.11. The van der Waals surface area contributed by atoms with Gasteiger partial charge in [0.05, 0.1) is 11.4 Å². The minimum absolute atomic E-state index is 0.0664. The van der Waals surface area contributed by atoms with E-state index in [1.165, 1.54) is 6.92 Å². The molecule has 0 saturated heterocycles. The molecule has 3 aromatic rings. The molecule has 0 unspecified atom stereocenters. The minimum Gasteiger partial charge on any atom is -0.360 e. The first-order valence-corrected chi connectivity index (χ1v) is 6.19. The van der Waals surface area contributed by atoms with Crippen molar-refractivity contribution in [2.75, 3.05) is 5.32 Å². The van der Waals surface area contributed by atoms with Crippen molar-refractivity contribution in [3.05, 3.63) is 54.7 Å². The van der Waals surface area contributed by atoms with Gasteiger partial charge in [0.2, 0.25) is 5.91 Å². The fourth-order valence-electron chi connectivity index (χ4n) is 2.30. The lowest BCUT2D eigenvalue weighted by molar-refractivity contribution is -0.114. The highest BCUT2D eigenvalue weighted by molar-refractivity contribution is 6.01. The Morgan fingerprint density at radius 3 is 2.63 bits per heavy atom. The van der Waals surface area contributed by atoms with Crippen molar-refractivity contribution in [3.63, 3.8) is 0 Å². The van der Waals surface area contributed by atoms with Gasteiger partial charge in [0.25, 0.3) is 0 Å². The maximum absolute atomic E-state index is 11.3. The van der Waals surface area contributed by atoms with Crippen LogP contribution in [0.25, 0.3) is 22.0 Å². The number of hydrogen-bond donors (Lipinski definition) is 2. The molecule has 2 aromatic carbocycles. The van der Waals surface area contributed by atoms with Gasteiger partial charge >= 0.3 is 0 Å². The summed E-state index contributed by atoms with van der Waals surface area (Å²) in [5.74, 6) is -0.0664. The third kappa shape index (κ3) is 2.10. The number of para-hydroxylation sites is 1. The summed E-state index contributed by atoms with van der Waals surface area (Å²) in [6.07, 6.45) is 1.98. The molecule has 3 nitrogen and oxygen atoms in total. The second-order valence-electron chi connectivity index (χ2n) is 4.48.